The van der Waals surface area contributed by atoms with E-state index in [0.29, 0.717) is 6.04 Å². The Hall–Kier alpha value is -1.58. The van der Waals surface area contributed by atoms with Gasteiger partial charge >= 0.3 is 0 Å². The van der Waals surface area contributed by atoms with Gasteiger partial charge in [0.1, 0.15) is 6.04 Å². The third-order valence-corrected chi connectivity index (χ3v) is 5.43. The fourth-order valence-electron chi connectivity index (χ4n) is 3.80. The van der Waals surface area contributed by atoms with Crippen molar-refractivity contribution < 1.29 is 5.32 Å². The third kappa shape index (κ3) is 3.08. The lowest BCUT2D eigenvalue weighted by atomic mass is 9.91. The zero-order valence-electron chi connectivity index (χ0n) is 13.2. The molecule has 1 aromatic heterocycles. The summed E-state index contributed by atoms with van der Waals surface area (Å²) in [7, 11) is 0. The number of aromatic amines is 1. The lowest BCUT2D eigenvalue weighted by molar-refractivity contribution is -0.697. The molecule has 3 N–H and O–H groups in total. The quantitative estimate of drug-likeness (QED) is 0.693. The molecule has 2 aromatic carbocycles. The highest BCUT2D eigenvalue weighted by atomic mass is 79.9. The van der Waals surface area contributed by atoms with Gasteiger partial charge < -0.3 is 10.3 Å². The summed E-state index contributed by atoms with van der Waals surface area (Å²) >= 11 is 3.61. The van der Waals surface area contributed by atoms with Crippen LogP contribution in [0, 0.1) is 0 Å². The SMILES string of the molecule is Brc1ccc2[nH]c3c(c2c1)CCC[C@@H]3[NH2+]CCc1ccccc1. The predicted octanol–water partition coefficient (Wildman–Crippen LogP) is 4.11. The standard InChI is InChI=1S/C20H21BrN2/c21-15-9-10-18-17(13-15)16-7-4-8-19(20(16)23-18)22-12-11-14-5-2-1-3-6-14/h1-3,5-6,9-10,13,19,22-23H,4,7-8,11-12H2/p+1/t19-/m0/s1. The number of fused-ring (bicyclic) bond motifs is 3. The molecule has 2 nitrogen and oxygen atoms in total. The van der Waals surface area contributed by atoms with Gasteiger partial charge in [-0.3, -0.25) is 0 Å². The molecule has 1 heterocycles. The first-order valence-electron chi connectivity index (χ1n) is 8.48. The molecule has 1 aliphatic rings. The van der Waals surface area contributed by atoms with Gasteiger partial charge in [0.2, 0.25) is 0 Å². The molecule has 118 valence electrons. The van der Waals surface area contributed by atoms with Gasteiger partial charge in [0, 0.05) is 28.2 Å². The molecule has 1 atom stereocenters. The topological polar surface area (TPSA) is 32.4 Å². The molecule has 0 amide bonds. The van der Waals surface area contributed by atoms with Crippen LogP contribution in [0.5, 0.6) is 0 Å². The van der Waals surface area contributed by atoms with Crippen molar-refractivity contribution in [3.63, 3.8) is 0 Å². The molecular formula is C20H22BrN2+. The van der Waals surface area contributed by atoms with Crippen LogP contribution in [0.3, 0.4) is 0 Å². The minimum absolute atomic E-state index is 0.577. The van der Waals surface area contributed by atoms with Crippen LogP contribution in [0.15, 0.2) is 53.0 Å². The van der Waals surface area contributed by atoms with E-state index in [0.717, 1.165) is 13.0 Å². The molecule has 0 saturated heterocycles. The number of nitrogens with one attached hydrogen (secondary N) is 1. The van der Waals surface area contributed by atoms with E-state index in [1.54, 1.807) is 0 Å². The second-order valence-electron chi connectivity index (χ2n) is 6.47. The average molecular weight is 370 g/mol. The van der Waals surface area contributed by atoms with E-state index in [2.05, 4.69) is 74.8 Å². The molecule has 0 radical (unpaired) electrons. The van der Waals surface area contributed by atoms with Crippen LogP contribution in [0.25, 0.3) is 10.9 Å². The van der Waals surface area contributed by atoms with Crippen LogP contribution in [0.2, 0.25) is 0 Å². The van der Waals surface area contributed by atoms with E-state index >= 15 is 0 Å². The smallest absolute Gasteiger partial charge is 0.127 e. The molecule has 0 aliphatic heterocycles. The van der Waals surface area contributed by atoms with Gasteiger partial charge in [-0.05, 0) is 42.2 Å². The lowest BCUT2D eigenvalue weighted by Crippen LogP contribution is -2.86. The van der Waals surface area contributed by atoms with E-state index in [9.17, 15) is 0 Å². The number of nitrogens with two attached hydrogens (primary N) is 1. The van der Waals surface area contributed by atoms with Gasteiger partial charge in [-0.1, -0.05) is 46.3 Å². The summed E-state index contributed by atoms with van der Waals surface area (Å²) in [5, 5.41) is 3.92. The summed E-state index contributed by atoms with van der Waals surface area (Å²) in [6, 6.07) is 17.9. The minimum atomic E-state index is 0.577. The molecule has 3 aromatic rings. The highest BCUT2D eigenvalue weighted by molar-refractivity contribution is 9.10. The van der Waals surface area contributed by atoms with Crippen LogP contribution in [0.1, 0.15) is 35.7 Å². The van der Waals surface area contributed by atoms with Gasteiger partial charge in [-0.25, -0.2) is 0 Å². The van der Waals surface area contributed by atoms with E-state index in [1.807, 2.05) is 0 Å². The maximum absolute atomic E-state index is 3.69. The first-order valence-corrected chi connectivity index (χ1v) is 9.28. The van der Waals surface area contributed by atoms with Crippen molar-refractivity contribution >= 4 is 26.8 Å². The van der Waals surface area contributed by atoms with Crippen molar-refractivity contribution in [2.45, 2.75) is 31.7 Å². The van der Waals surface area contributed by atoms with Crippen LogP contribution >= 0.6 is 15.9 Å². The number of rotatable bonds is 4. The summed E-state index contributed by atoms with van der Waals surface area (Å²) in [6.45, 7) is 1.15. The van der Waals surface area contributed by atoms with Crippen molar-refractivity contribution in [1.82, 2.24) is 4.98 Å². The Labute approximate surface area is 145 Å². The van der Waals surface area contributed by atoms with Crippen LogP contribution in [-0.2, 0) is 12.8 Å². The summed E-state index contributed by atoms with van der Waals surface area (Å²) in [5.41, 5.74) is 5.70. The Morgan fingerprint density at radius 3 is 2.87 bits per heavy atom. The monoisotopic (exact) mass is 369 g/mol. The molecule has 0 saturated carbocycles. The maximum atomic E-state index is 3.69. The fourth-order valence-corrected chi connectivity index (χ4v) is 4.16. The molecule has 1 aliphatic carbocycles. The zero-order valence-corrected chi connectivity index (χ0v) is 14.8. The number of halogens is 1. The van der Waals surface area contributed by atoms with E-state index in [4.69, 9.17) is 0 Å². The van der Waals surface area contributed by atoms with Gasteiger partial charge in [-0.2, -0.15) is 0 Å². The molecule has 23 heavy (non-hydrogen) atoms. The Morgan fingerprint density at radius 1 is 1.13 bits per heavy atom. The highest BCUT2D eigenvalue weighted by Gasteiger charge is 2.26. The van der Waals surface area contributed by atoms with Gasteiger partial charge in [0.25, 0.3) is 0 Å². The molecule has 0 unspecified atom stereocenters. The minimum Gasteiger partial charge on any atom is -0.353 e. The number of hydrogen-bond acceptors (Lipinski definition) is 0. The molecule has 0 bridgehead atoms. The average Bonchev–Trinajstić information content (AvgIpc) is 2.95. The molecule has 4 rings (SSSR count). The number of H-pyrrole nitrogens is 1. The Balaban J connectivity index is 1.52. The fraction of sp³-hybridized carbons (Fsp3) is 0.300. The number of benzene rings is 2. The zero-order chi connectivity index (χ0) is 15.6. The predicted molar refractivity (Wildman–Crippen MR) is 98.6 cm³/mol. The van der Waals surface area contributed by atoms with Crippen molar-refractivity contribution in [1.29, 1.82) is 0 Å². The third-order valence-electron chi connectivity index (χ3n) is 4.94. The number of aromatic nitrogens is 1. The maximum Gasteiger partial charge on any atom is 0.127 e. The van der Waals surface area contributed by atoms with Crippen LogP contribution < -0.4 is 5.32 Å². The highest BCUT2D eigenvalue weighted by Crippen LogP contribution is 2.34. The van der Waals surface area contributed by atoms with Gasteiger partial charge in [0.05, 0.1) is 12.2 Å². The van der Waals surface area contributed by atoms with E-state index in [-0.39, 0.29) is 0 Å². The summed E-state index contributed by atoms with van der Waals surface area (Å²) in [6.07, 6.45) is 4.90. The Bertz CT molecular complexity index is 807. The van der Waals surface area contributed by atoms with Crippen molar-refractivity contribution in [3.8, 4) is 0 Å². The first kappa shape index (κ1) is 15.0. The largest absolute Gasteiger partial charge is 0.353 e. The van der Waals surface area contributed by atoms with Crippen molar-refractivity contribution in [2.24, 2.45) is 0 Å². The molecule has 0 fully saturated rings. The van der Waals surface area contributed by atoms with Crippen molar-refractivity contribution in [2.75, 3.05) is 6.54 Å². The summed E-state index contributed by atoms with van der Waals surface area (Å²) in [4.78, 5) is 3.69. The summed E-state index contributed by atoms with van der Waals surface area (Å²) in [5.74, 6) is 0. The number of quaternary nitrogens is 1. The number of hydrogen-bond donors (Lipinski definition) is 2. The first-order chi connectivity index (χ1) is 11.3. The van der Waals surface area contributed by atoms with Crippen LogP contribution in [-0.4, -0.2) is 11.5 Å². The van der Waals surface area contributed by atoms with Crippen LogP contribution in [0.4, 0.5) is 0 Å². The second kappa shape index (κ2) is 6.50. The normalized spacial score (nSPS) is 17.3. The van der Waals surface area contributed by atoms with E-state index < -0.39 is 0 Å². The Kier molecular flexibility index (Phi) is 4.23. The molecule has 3 heteroatoms. The molecular weight excluding hydrogens is 348 g/mol. The number of aryl methyl sites for hydroxylation is 1. The second-order valence-corrected chi connectivity index (χ2v) is 7.38. The lowest BCUT2D eigenvalue weighted by Gasteiger charge is -2.21. The molecule has 0 spiro atoms. The summed E-state index contributed by atoms with van der Waals surface area (Å²) < 4.78 is 1.17. The van der Waals surface area contributed by atoms with Gasteiger partial charge in [0.15, 0.2) is 0 Å². The van der Waals surface area contributed by atoms with Gasteiger partial charge in [-0.15, -0.1) is 0 Å². The van der Waals surface area contributed by atoms with E-state index in [1.165, 1.54) is 51.5 Å². The van der Waals surface area contributed by atoms with Crippen molar-refractivity contribution in [3.05, 3.63) is 69.8 Å². The Morgan fingerprint density at radius 2 is 2.00 bits per heavy atom.